The van der Waals surface area contributed by atoms with E-state index in [0.29, 0.717) is 11.5 Å². The van der Waals surface area contributed by atoms with Gasteiger partial charge in [0.15, 0.2) is 0 Å². The highest BCUT2D eigenvalue weighted by molar-refractivity contribution is 5.90. The van der Waals surface area contributed by atoms with Crippen molar-refractivity contribution in [2.75, 3.05) is 5.32 Å². The molecule has 28 heavy (non-hydrogen) atoms. The van der Waals surface area contributed by atoms with E-state index in [1.165, 1.54) is 6.07 Å². The number of aromatic nitrogens is 3. The van der Waals surface area contributed by atoms with E-state index in [1.54, 1.807) is 18.3 Å². The molecule has 6 heteroatoms. The molecule has 0 radical (unpaired) electrons. The van der Waals surface area contributed by atoms with E-state index in [4.69, 9.17) is 0 Å². The average Bonchev–Trinajstić information content (AvgIpc) is 2.71. The highest BCUT2D eigenvalue weighted by Crippen LogP contribution is 2.22. The lowest BCUT2D eigenvalue weighted by molar-refractivity contribution is -0.117. The summed E-state index contributed by atoms with van der Waals surface area (Å²) in [4.78, 5) is 28.7. The van der Waals surface area contributed by atoms with Gasteiger partial charge in [-0.25, -0.2) is 9.67 Å². The number of rotatable bonds is 4. The zero-order valence-electron chi connectivity index (χ0n) is 15.3. The van der Waals surface area contributed by atoms with E-state index in [0.717, 1.165) is 26.6 Å². The molecule has 0 unspecified atom stereocenters. The Morgan fingerprint density at radius 3 is 2.64 bits per heavy atom. The van der Waals surface area contributed by atoms with E-state index in [1.807, 2.05) is 55.5 Å². The molecule has 0 spiro atoms. The second kappa shape index (κ2) is 7.44. The molecule has 2 heterocycles. The van der Waals surface area contributed by atoms with Crippen molar-refractivity contribution < 1.29 is 4.79 Å². The lowest BCUT2D eigenvalue weighted by atomic mass is 10.1. The molecule has 0 saturated carbocycles. The monoisotopic (exact) mass is 370 g/mol. The molecule has 0 aliphatic carbocycles. The second-order valence-corrected chi connectivity index (χ2v) is 6.49. The van der Waals surface area contributed by atoms with Crippen LogP contribution in [0, 0.1) is 6.92 Å². The fraction of sp³-hybridized carbons (Fsp3) is 0.0909. The molecule has 6 nitrogen and oxygen atoms in total. The number of nitrogens with zero attached hydrogens (tertiary/aromatic N) is 3. The molecule has 0 saturated heterocycles. The van der Waals surface area contributed by atoms with E-state index >= 15 is 0 Å². The van der Waals surface area contributed by atoms with Crippen molar-refractivity contribution in [2.24, 2.45) is 0 Å². The summed E-state index contributed by atoms with van der Waals surface area (Å²) in [6, 6.07) is 20.8. The zero-order valence-corrected chi connectivity index (χ0v) is 15.3. The molecule has 2 aromatic heterocycles. The van der Waals surface area contributed by atoms with Crippen LogP contribution in [0.3, 0.4) is 0 Å². The standard InChI is InChI=1S/C22H18N4O2/c1-15-5-4-12-23-22(15)24-20(27)14-26-21(28)11-10-19(25-26)18-9-8-16-6-2-3-7-17(16)13-18/h2-13H,14H2,1H3,(H,23,24,27). The molecule has 1 N–H and O–H groups in total. The normalized spacial score (nSPS) is 10.8. The summed E-state index contributed by atoms with van der Waals surface area (Å²) in [6.45, 7) is 1.67. The van der Waals surface area contributed by atoms with Crippen molar-refractivity contribution in [3.8, 4) is 11.3 Å². The summed E-state index contributed by atoms with van der Waals surface area (Å²) in [6.07, 6.45) is 1.60. The number of hydrogen-bond acceptors (Lipinski definition) is 4. The van der Waals surface area contributed by atoms with Gasteiger partial charge in [-0.05, 0) is 41.5 Å². The fourth-order valence-electron chi connectivity index (χ4n) is 2.99. The Hall–Kier alpha value is -3.80. The third-order valence-corrected chi connectivity index (χ3v) is 4.47. The molecule has 138 valence electrons. The third kappa shape index (κ3) is 3.66. The molecule has 0 aliphatic heterocycles. The topological polar surface area (TPSA) is 76.9 Å². The first kappa shape index (κ1) is 17.6. The molecule has 0 aliphatic rings. The molecule has 0 bridgehead atoms. The number of pyridine rings is 1. The van der Waals surface area contributed by atoms with Crippen LogP contribution in [-0.2, 0) is 11.3 Å². The van der Waals surface area contributed by atoms with Gasteiger partial charge in [-0.1, -0.05) is 42.5 Å². The summed E-state index contributed by atoms with van der Waals surface area (Å²) in [5, 5.41) is 9.31. The number of fused-ring (bicyclic) bond motifs is 1. The predicted molar refractivity (Wildman–Crippen MR) is 109 cm³/mol. The third-order valence-electron chi connectivity index (χ3n) is 4.47. The van der Waals surface area contributed by atoms with E-state index in [-0.39, 0.29) is 18.0 Å². The Bertz CT molecular complexity index is 1230. The van der Waals surface area contributed by atoms with Crippen LogP contribution in [0.1, 0.15) is 5.56 Å². The van der Waals surface area contributed by atoms with Gasteiger partial charge in [-0.3, -0.25) is 9.59 Å². The molecule has 0 fully saturated rings. The summed E-state index contributed by atoms with van der Waals surface area (Å²) < 4.78 is 1.16. The van der Waals surface area contributed by atoms with Gasteiger partial charge >= 0.3 is 0 Å². The average molecular weight is 370 g/mol. The van der Waals surface area contributed by atoms with Crippen molar-refractivity contribution in [3.05, 3.63) is 88.8 Å². The van der Waals surface area contributed by atoms with Crippen LogP contribution in [0.2, 0.25) is 0 Å². The van der Waals surface area contributed by atoms with Crippen molar-refractivity contribution in [1.82, 2.24) is 14.8 Å². The van der Waals surface area contributed by atoms with Gasteiger partial charge in [0.2, 0.25) is 5.91 Å². The summed E-state index contributed by atoms with van der Waals surface area (Å²) in [7, 11) is 0. The Labute approximate surface area is 161 Å². The highest BCUT2D eigenvalue weighted by Gasteiger charge is 2.10. The van der Waals surface area contributed by atoms with Crippen LogP contribution in [-0.4, -0.2) is 20.7 Å². The maximum Gasteiger partial charge on any atom is 0.267 e. The number of benzene rings is 2. The van der Waals surface area contributed by atoms with E-state index < -0.39 is 0 Å². The molecule has 4 rings (SSSR count). The quantitative estimate of drug-likeness (QED) is 0.597. The number of carbonyl (C=O) groups is 1. The van der Waals surface area contributed by atoms with Crippen LogP contribution in [0.5, 0.6) is 0 Å². The molecule has 0 atom stereocenters. The van der Waals surface area contributed by atoms with Crippen molar-refractivity contribution >= 4 is 22.5 Å². The van der Waals surface area contributed by atoms with Gasteiger partial charge < -0.3 is 5.32 Å². The van der Waals surface area contributed by atoms with Crippen LogP contribution in [0.25, 0.3) is 22.0 Å². The number of nitrogens with one attached hydrogen (secondary N) is 1. The Morgan fingerprint density at radius 2 is 1.82 bits per heavy atom. The Morgan fingerprint density at radius 1 is 1.00 bits per heavy atom. The highest BCUT2D eigenvalue weighted by atomic mass is 16.2. The van der Waals surface area contributed by atoms with Crippen LogP contribution in [0.4, 0.5) is 5.82 Å². The largest absolute Gasteiger partial charge is 0.309 e. The minimum atomic E-state index is -0.355. The van der Waals surface area contributed by atoms with Crippen LogP contribution in [0.15, 0.2) is 77.7 Å². The van der Waals surface area contributed by atoms with Crippen molar-refractivity contribution in [1.29, 1.82) is 0 Å². The van der Waals surface area contributed by atoms with Gasteiger partial charge in [-0.2, -0.15) is 5.10 Å². The Balaban J connectivity index is 1.60. The summed E-state index contributed by atoms with van der Waals surface area (Å²) >= 11 is 0. The van der Waals surface area contributed by atoms with Gasteiger partial charge in [0.05, 0.1) is 5.69 Å². The first-order valence-electron chi connectivity index (χ1n) is 8.89. The summed E-state index contributed by atoms with van der Waals surface area (Å²) in [5.41, 5.74) is 2.03. The molecule has 4 aromatic rings. The molecule has 1 amide bonds. The van der Waals surface area contributed by atoms with E-state index in [9.17, 15) is 9.59 Å². The molecular weight excluding hydrogens is 352 g/mol. The minimum Gasteiger partial charge on any atom is -0.309 e. The molecule has 2 aromatic carbocycles. The maximum atomic E-state index is 12.4. The number of aryl methyl sites for hydroxylation is 1. The van der Waals surface area contributed by atoms with Crippen molar-refractivity contribution in [2.45, 2.75) is 13.5 Å². The zero-order chi connectivity index (χ0) is 19.5. The Kier molecular flexibility index (Phi) is 4.68. The van der Waals surface area contributed by atoms with Gasteiger partial charge in [0.25, 0.3) is 5.56 Å². The van der Waals surface area contributed by atoms with Gasteiger partial charge in [0.1, 0.15) is 12.4 Å². The summed E-state index contributed by atoms with van der Waals surface area (Å²) in [5.74, 6) is 0.123. The minimum absolute atomic E-state index is 0.184. The number of carbonyl (C=O) groups excluding carboxylic acids is 1. The maximum absolute atomic E-state index is 12.4. The fourth-order valence-corrected chi connectivity index (χ4v) is 2.99. The predicted octanol–water partition coefficient (Wildman–Crippen LogP) is 3.41. The van der Waals surface area contributed by atoms with E-state index in [2.05, 4.69) is 15.4 Å². The number of amides is 1. The van der Waals surface area contributed by atoms with Gasteiger partial charge in [0, 0.05) is 17.8 Å². The van der Waals surface area contributed by atoms with Gasteiger partial charge in [-0.15, -0.1) is 0 Å². The first-order chi connectivity index (χ1) is 13.6. The SMILES string of the molecule is Cc1cccnc1NC(=O)Cn1nc(-c2ccc3ccccc3c2)ccc1=O. The first-order valence-corrected chi connectivity index (χ1v) is 8.89. The second-order valence-electron chi connectivity index (χ2n) is 6.49. The lowest BCUT2D eigenvalue weighted by Gasteiger charge is -2.09. The number of anilines is 1. The lowest BCUT2D eigenvalue weighted by Crippen LogP contribution is -2.29. The molecular formula is C22H18N4O2. The number of hydrogen-bond donors (Lipinski definition) is 1. The van der Waals surface area contributed by atoms with Crippen molar-refractivity contribution in [3.63, 3.8) is 0 Å². The van der Waals surface area contributed by atoms with Crippen LogP contribution >= 0.6 is 0 Å². The smallest absolute Gasteiger partial charge is 0.267 e. The van der Waals surface area contributed by atoms with Crippen LogP contribution < -0.4 is 10.9 Å².